The zero-order valence-corrected chi connectivity index (χ0v) is 9.60. The Balaban J connectivity index is 2.36. The number of hydrogen-bond acceptors (Lipinski definition) is 3. The average molecular weight is 238 g/mol. The van der Waals surface area contributed by atoms with Crippen LogP contribution >= 0.6 is 22.9 Å². The number of hydrogen-bond donors (Lipinski definition) is 0. The lowest BCUT2D eigenvalue weighted by molar-refractivity contribution is 0.103. The minimum Gasteiger partial charge on any atom is -0.289 e. The van der Waals surface area contributed by atoms with Gasteiger partial charge in [0, 0.05) is 27.6 Å². The molecule has 2 rings (SSSR count). The van der Waals surface area contributed by atoms with Gasteiger partial charge in [-0.1, -0.05) is 11.6 Å². The van der Waals surface area contributed by atoms with Crippen LogP contribution in [0.3, 0.4) is 0 Å². The molecule has 15 heavy (non-hydrogen) atoms. The van der Waals surface area contributed by atoms with Gasteiger partial charge >= 0.3 is 0 Å². The van der Waals surface area contributed by atoms with Gasteiger partial charge in [0.1, 0.15) is 5.15 Å². The Morgan fingerprint density at radius 1 is 1.40 bits per heavy atom. The number of rotatable bonds is 2. The number of carbonyl (C=O) groups is 1. The number of nitrogens with zero attached hydrogens (tertiary/aromatic N) is 1. The average Bonchev–Trinajstić information content (AvgIpc) is 2.64. The summed E-state index contributed by atoms with van der Waals surface area (Å²) >= 11 is 7.28. The smallest absolute Gasteiger partial charge is 0.194 e. The van der Waals surface area contributed by atoms with E-state index < -0.39 is 0 Å². The molecule has 0 saturated carbocycles. The minimum atomic E-state index is -0.0105. The summed E-state index contributed by atoms with van der Waals surface area (Å²) in [6.45, 7) is 1.97. The normalized spacial score (nSPS) is 10.3. The quantitative estimate of drug-likeness (QED) is 0.592. The number of halogens is 1. The molecule has 4 heteroatoms. The summed E-state index contributed by atoms with van der Waals surface area (Å²) in [7, 11) is 0. The number of carbonyl (C=O) groups excluding carboxylic acids is 1. The third-order valence-corrected chi connectivity index (χ3v) is 3.05. The highest BCUT2D eigenvalue weighted by molar-refractivity contribution is 7.10. The Morgan fingerprint density at radius 3 is 2.80 bits per heavy atom. The maximum Gasteiger partial charge on any atom is 0.194 e. The van der Waals surface area contributed by atoms with Crippen LogP contribution in [0, 0.1) is 6.92 Å². The van der Waals surface area contributed by atoms with Crippen molar-refractivity contribution in [3.05, 3.63) is 50.9 Å². The third kappa shape index (κ3) is 2.25. The van der Waals surface area contributed by atoms with E-state index in [0.717, 1.165) is 4.88 Å². The number of ketones is 1. The first-order chi connectivity index (χ1) is 7.16. The highest BCUT2D eigenvalue weighted by atomic mass is 35.5. The molecule has 2 aromatic heterocycles. The van der Waals surface area contributed by atoms with E-state index in [4.69, 9.17) is 11.6 Å². The van der Waals surface area contributed by atoms with Crippen molar-refractivity contribution in [2.75, 3.05) is 0 Å². The molecule has 0 spiro atoms. The zero-order chi connectivity index (χ0) is 10.8. The Labute approximate surface area is 96.5 Å². The van der Waals surface area contributed by atoms with Crippen LogP contribution in [-0.4, -0.2) is 10.8 Å². The van der Waals surface area contributed by atoms with Gasteiger partial charge in [-0.3, -0.25) is 4.79 Å². The van der Waals surface area contributed by atoms with Gasteiger partial charge in [-0.05, 0) is 25.1 Å². The fraction of sp³-hybridized carbons (Fsp3) is 0.0909. The molecular formula is C11H8ClNOS. The van der Waals surface area contributed by atoms with Crippen LogP contribution in [0.2, 0.25) is 5.15 Å². The van der Waals surface area contributed by atoms with Gasteiger partial charge in [0.05, 0.1) is 0 Å². The maximum absolute atomic E-state index is 11.9. The molecule has 0 unspecified atom stereocenters. The molecule has 2 aromatic rings. The molecule has 2 heterocycles. The molecule has 2 nitrogen and oxygen atoms in total. The van der Waals surface area contributed by atoms with Gasteiger partial charge in [-0.15, -0.1) is 11.3 Å². The topological polar surface area (TPSA) is 30.0 Å². The first-order valence-electron chi connectivity index (χ1n) is 4.38. The number of aryl methyl sites for hydroxylation is 1. The van der Waals surface area contributed by atoms with Gasteiger partial charge in [0.15, 0.2) is 5.78 Å². The summed E-state index contributed by atoms with van der Waals surface area (Å²) < 4.78 is 0. The molecule has 76 valence electrons. The fourth-order valence-corrected chi connectivity index (χ4v) is 2.13. The zero-order valence-electron chi connectivity index (χ0n) is 8.03. The molecule has 0 aliphatic carbocycles. The van der Waals surface area contributed by atoms with E-state index in [2.05, 4.69) is 4.98 Å². The van der Waals surface area contributed by atoms with Crippen LogP contribution in [-0.2, 0) is 0 Å². The van der Waals surface area contributed by atoms with E-state index in [1.54, 1.807) is 23.5 Å². The Kier molecular flexibility index (Phi) is 2.84. The van der Waals surface area contributed by atoms with Crippen LogP contribution in [0.5, 0.6) is 0 Å². The van der Waals surface area contributed by atoms with E-state index in [0.29, 0.717) is 16.3 Å². The SMILES string of the molecule is Cc1cc(C(=O)c2ccnc(Cl)c2)cs1. The van der Waals surface area contributed by atoms with Gasteiger partial charge in [0.25, 0.3) is 0 Å². The van der Waals surface area contributed by atoms with Gasteiger partial charge in [0.2, 0.25) is 0 Å². The Bertz CT molecular complexity index is 507. The minimum absolute atomic E-state index is 0.0105. The Hall–Kier alpha value is -1.19. The highest BCUT2D eigenvalue weighted by Crippen LogP contribution is 2.18. The lowest BCUT2D eigenvalue weighted by Crippen LogP contribution is -1.99. The molecular weight excluding hydrogens is 230 g/mol. The van der Waals surface area contributed by atoms with Crippen LogP contribution in [0.1, 0.15) is 20.8 Å². The second-order valence-electron chi connectivity index (χ2n) is 3.14. The maximum atomic E-state index is 11.9. The van der Waals surface area contributed by atoms with Crippen molar-refractivity contribution in [2.24, 2.45) is 0 Å². The summed E-state index contributed by atoms with van der Waals surface area (Å²) in [5.41, 5.74) is 1.28. The molecule has 0 bridgehead atoms. The summed E-state index contributed by atoms with van der Waals surface area (Å²) in [5, 5.41) is 2.19. The molecule has 0 amide bonds. The molecule has 0 atom stereocenters. The number of aromatic nitrogens is 1. The van der Waals surface area contributed by atoms with Crippen molar-refractivity contribution in [1.82, 2.24) is 4.98 Å². The summed E-state index contributed by atoms with van der Waals surface area (Å²) in [6.07, 6.45) is 1.54. The standard InChI is InChI=1S/C11H8ClNOS/c1-7-4-9(6-15-7)11(14)8-2-3-13-10(12)5-8/h2-6H,1H3. The number of thiophene rings is 1. The molecule has 0 saturated heterocycles. The van der Waals surface area contributed by atoms with E-state index in [-0.39, 0.29) is 5.78 Å². The second kappa shape index (κ2) is 4.13. The predicted octanol–water partition coefficient (Wildman–Crippen LogP) is 3.34. The first-order valence-corrected chi connectivity index (χ1v) is 5.64. The molecule has 0 aromatic carbocycles. The van der Waals surface area contributed by atoms with E-state index in [9.17, 15) is 4.79 Å². The van der Waals surface area contributed by atoms with Crippen molar-refractivity contribution < 1.29 is 4.79 Å². The van der Waals surface area contributed by atoms with E-state index in [1.807, 2.05) is 18.4 Å². The molecule has 0 fully saturated rings. The number of pyridine rings is 1. The van der Waals surface area contributed by atoms with Crippen molar-refractivity contribution in [3.8, 4) is 0 Å². The summed E-state index contributed by atoms with van der Waals surface area (Å²) in [5.74, 6) is -0.0105. The van der Waals surface area contributed by atoms with Crippen molar-refractivity contribution >= 4 is 28.7 Å². The van der Waals surface area contributed by atoms with Crippen LogP contribution in [0.4, 0.5) is 0 Å². The van der Waals surface area contributed by atoms with E-state index in [1.165, 1.54) is 6.20 Å². The first kappa shape index (κ1) is 10.3. The van der Waals surface area contributed by atoms with Crippen molar-refractivity contribution in [2.45, 2.75) is 6.92 Å². The van der Waals surface area contributed by atoms with Gasteiger partial charge in [-0.2, -0.15) is 0 Å². The monoisotopic (exact) mass is 237 g/mol. The van der Waals surface area contributed by atoms with E-state index >= 15 is 0 Å². The van der Waals surface area contributed by atoms with Crippen LogP contribution < -0.4 is 0 Å². The van der Waals surface area contributed by atoms with Gasteiger partial charge < -0.3 is 0 Å². The largest absolute Gasteiger partial charge is 0.289 e. The molecule has 0 radical (unpaired) electrons. The lowest BCUT2D eigenvalue weighted by atomic mass is 10.1. The summed E-state index contributed by atoms with van der Waals surface area (Å²) in [4.78, 5) is 16.9. The fourth-order valence-electron chi connectivity index (χ4n) is 1.27. The highest BCUT2D eigenvalue weighted by Gasteiger charge is 2.10. The van der Waals surface area contributed by atoms with Gasteiger partial charge in [-0.25, -0.2) is 4.98 Å². The third-order valence-electron chi connectivity index (χ3n) is 1.98. The molecule has 0 aliphatic heterocycles. The molecule has 0 aliphatic rings. The van der Waals surface area contributed by atoms with Crippen LogP contribution in [0.15, 0.2) is 29.8 Å². The Morgan fingerprint density at radius 2 is 2.20 bits per heavy atom. The van der Waals surface area contributed by atoms with Crippen molar-refractivity contribution in [3.63, 3.8) is 0 Å². The lowest BCUT2D eigenvalue weighted by Gasteiger charge is -1.97. The van der Waals surface area contributed by atoms with Crippen molar-refractivity contribution in [1.29, 1.82) is 0 Å². The van der Waals surface area contributed by atoms with Crippen LogP contribution in [0.25, 0.3) is 0 Å². The predicted molar refractivity (Wildman–Crippen MR) is 61.7 cm³/mol. The summed E-state index contributed by atoms with van der Waals surface area (Å²) in [6, 6.07) is 5.12. The second-order valence-corrected chi connectivity index (χ2v) is 4.65. The molecule has 0 N–H and O–H groups in total.